The summed E-state index contributed by atoms with van der Waals surface area (Å²) >= 11 is 0. The Labute approximate surface area is 300 Å². The van der Waals surface area contributed by atoms with E-state index >= 15 is 0 Å². The van der Waals surface area contributed by atoms with E-state index in [1.54, 1.807) is 12.4 Å². The van der Waals surface area contributed by atoms with Gasteiger partial charge in [0.05, 0.1) is 0 Å². The van der Waals surface area contributed by atoms with Crippen LogP contribution in [0.15, 0.2) is 73.1 Å². The van der Waals surface area contributed by atoms with Crippen molar-refractivity contribution >= 4 is 42.0 Å². The molecule has 6 rings (SSSR count). The number of nitrogens with two attached hydrogens (primary N) is 1. The molecule has 2 heterocycles. The van der Waals surface area contributed by atoms with Crippen molar-refractivity contribution in [3.63, 3.8) is 0 Å². The lowest BCUT2D eigenvalue weighted by Gasteiger charge is -2.20. The van der Waals surface area contributed by atoms with Crippen LogP contribution in [0, 0.1) is 25.7 Å². The third kappa shape index (κ3) is 11.1. The number of aromatic nitrogens is 2. The van der Waals surface area contributed by atoms with Crippen molar-refractivity contribution in [1.29, 1.82) is 0 Å². The summed E-state index contributed by atoms with van der Waals surface area (Å²) in [5.41, 5.74) is 13.7. The third-order valence-corrected chi connectivity index (χ3v) is 8.31. The van der Waals surface area contributed by atoms with E-state index in [4.69, 9.17) is 10.5 Å². The Morgan fingerprint density at radius 3 is 1.56 bits per heavy atom. The Balaban J connectivity index is 0.000000229. The largest absolute Gasteiger partial charge is 0.444 e. The smallest absolute Gasteiger partial charge is 0.407 e. The number of pyridine rings is 2. The topological polar surface area (TPSA) is 148 Å². The van der Waals surface area contributed by atoms with Crippen LogP contribution in [-0.4, -0.2) is 33.5 Å². The number of hydrogen-bond donors (Lipinski definition) is 4. The van der Waals surface area contributed by atoms with Gasteiger partial charge in [-0.05, 0) is 129 Å². The highest BCUT2D eigenvalue weighted by atomic mass is 35.5. The molecule has 2 saturated carbocycles. The van der Waals surface area contributed by atoms with E-state index < -0.39 is 11.7 Å². The van der Waals surface area contributed by atoms with E-state index in [2.05, 4.69) is 51.0 Å². The molecule has 2 aliphatic rings. The standard InChI is InChI=1S/C22H27N3O3.C17H19N3O.ClH/c1-14-11-16(7-8-18(14)13-24-21(27)28-22(2,3)4)17-9-10-23-19(12-17)25-20(26)15-5-6-15;1-11-8-13(4-5-15(11)10-18)14-6-7-19-16(9-14)20-17(21)12-2-3-12;/h7-12,15H,5-6,13H2,1-4H3,(H,24,27)(H,23,25,26);4-9,12H,2-3,10,18H2,1H3,(H,19,20,21);1H. The third-order valence-electron chi connectivity index (χ3n) is 8.31. The predicted molar refractivity (Wildman–Crippen MR) is 200 cm³/mol. The second-order valence-corrected chi connectivity index (χ2v) is 13.7. The monoisotopic (exact) mass is 698 g/mol. The number of benzene rings is 2. The van der Waals surface area contributed by atoms with Crippen LogP contribution in [0.5, 0.6) is 0 Å². The van der Waals surface area contributed by atoms with Crippen LogP contribution in [0.1, 0.15) is 68.7 Å². The summed E-state index contributed by atoms with van der Waals surface area (Å²) in [7, 11) is 0. The van der Waals surface area contributed by atoms with Gasteiger partial charge in [-0.3, -0.25) is 9.59 Å². The van der Waals surface area contributed by atoms with Gasteiger partial charge in [-0.1, -0.05) is 36.4 Å². The molecule has 5 N–H and O–H groups in total. The van der Waals surface area contributed by atoms with Crippen LogP contribution in [-0.2, 0) is 27.4 Å². The minimum Gasteiger partial charge on any atom is -0.444 e. The molecular formula is C39H47ClN6O4. The van der Waals surface area contributed by atoms with Crippen LogP contribution in [0.25, 0.3) is 22.3 Å². The van der Waals surface area contributed by atoms with Gasteiger partial charge in [0.1, 0.15) is 17.2 Å². The summed E-state index contributed by atoms with van der Waals surface area (Å²) in [5, 5.41) is 8.55. The lowest BCUT2D eigenvalue weighted by atomic mass is 10.0. The number of carbonyl (C=O) groups is 3. The number of anilines is 2. The van der Waals surface area contributed by atoms with Gasteiger partial charge in [-0.25, -0.2) is 14.8 Å². The van der Waals surface area contributed by atoms with Crippen LogP contribution in [0.2, 0.25) is 0 Å². The molecule has 0 saturated heterocycles. The van der Waals surface area contributed by atoms with Crippen LogP contribution in [0.3, 0.4) is 0 Å². The van der Waals surface area contributed by atoms with E-state index in [1.165, 1.54) is 5.56 Å². The second-order valence-electron chi connectivity index (χ2n) is 13.7. The first-order valence-corrected chi connectivity index (χ1v) is 16.8. The highest BCUT2D eigenvalue weighted by Gasteiger charge is 2.30. The highest BCUT2D eigenvalue weighted by Crippen LogP contribution is 2.32. The zero-order valence-electron chi connectivity index (χ0n) is 29.3. The van der Waals surface area contributed by atoms with E-state index in [1.807, 2.05) is 70.2 Å². The molecule has 0 spiro atoms. The maximum atomic E-state index is 11.9. The summed E-state index contributed by atoms with van der Waals surface area (Å²) in [4.78, 5) is 44.0. The van der Waals surface area contributed by atoms with Gasteiger partial charge < -0.3 is 26.4 Å². The number of aryl methyl sites for hydroxylation is 2. The first-order valence-electron chi connectivity index (χ1n) is 16.8. The summed E-state index contributed by atoms with van der Waals surface area (Å²) in [6.45, 7) is 10.5. The lowest BCUT2D eigenvalue weighted by Crippen LogP contribution is -2.32. The zero-order valence-corrected chi connectivity index (χ0v) is 30.2. The van der Waals surface area contributed by atoms with Crippen molar-refractivity contribution in [2.24, 2.45) is 17.6 Å². The minimum absolute atomic E-state index is 0. The number of nitrogens with zero attached hydrogens (tertiary/aromatic N) is 2. The Morgan fingerprint density at radius 1 is 0.720 bits per heavy atom. The van der Waals surface area contributed by atoms with Crippen LogP contribution in [0.4, 0.5) is 16.4 Å². The second kappa shape index (κ2) is 16.7. The van der Waals surface area contributed by atoms with Gasteiger partial charge in [0.15, 0.2) is 0 Å². The van der Waals surface area contributed by atoms with E-state index in [0.29, 0.717) is 24.7 Å². The maximum Gasteiger partial charge on any atom is 0.407 e. The molecule has 0 radical (unpaired) electrons. The molecule has 11 heteroatoms. The molecule has 2 aromatic heterocycles. The fourth-order valence-corrected chi connectivity index (χ4v) is 5.16. The Hall–Kier alpha value is -4.80. The summed E-state index contributed by atoms with van der Waals surface area (Å²) in [5.74, 6) is 1.64. The van der Waals surface area contributed by atoms with Gasteiger partial charge in [-0.15, -0.1) is 12.4 Å². The molecule has 50 heavy (non-hydrogen) atoms. The lowest BCUT2D eigenvalue weighted by molar-refractivity contribution is -0.118. The van der Waals surface area contributed by atoms with Gasteiger partial charge >= 0.3 is 6.09 Å². The zero-order chi connectivity index (χ0) is 35.1. The molecule has 3 amide bonds. The van der Waals surface area contributed by atoms with E-state index in [-0.39, 0.29) is 36.1 Å². The number of alkyl carbamates (subject to hydrolysis) is 1. The van der Waals surface area contributed by atoms with Crippen molar-refractivity contribution in [1.82, 2.24) is 15.3 Å². The van der Waals surface area contributed by atoms with Crippen molar-refractivity contribution < 1.29 is 19.1 Å². The van der Waals surface area contributed by atoms with Crippen molar-refractivity contribution in [3.05, 3.63) is 95.3 Å². The first-order chi connectivity index (χ1) is 23.4. The van der Waals surface area contributed by atoms with Crippen molar-refractivity contribution in [2.75, 3.05) is 10.6 Å². The number of amides is 3. The normalized spacial score (nSPS) is 13.6. The molecule has 0 atom stereocenters. The maximum absolute atomic E-state index is 11.9. The van der Waals surface area contributed by atoms with Crippen LogP contribution >= 0.6 is 12.4 Å². The summed E-state index contributed by atoms with van der Waals surface area (Å²) in [6, 6.07) is 19.9. The SMILES string of the molecule is Cc1cc(-c2ccnc(NC(=O)C3CC3)c2)ccc1CN.Cc1cc(-c2ccnc(NC(=O)C3CC3)c2)ccc1CNC(=O)OC(C)(C)C.Cl. The molecule has 2 fully saturated rings. The van der Waals surface area contributed by atoms with Gasteiger partial charge in [-0.2, -0.15) is 0 Å². The molecule has 0 aliphatic heterocycles. The molecule has 264 valence electrons. The van der Waals surface area contributed by atoms with Crippen molar-refractivity contribution in [3.8, 4) is 22.3 Å². The average molecular weight is 699 g/mol. The molecular weight excluding hydrogens is 652 g/mol. The predicted octanol–water partition coefficient (Wildman–Crippen LogP) is 7.72. The molecule has 2 aromatic carbocycles. The number of ether oxygens (including phenoxy) is 1. The number of rotatable bonds is 9. The van der Waals surface area contributed by atoms with E-state index in [0.717, 1.165) is 64.6 Å². The van der Waals surface area contributed by atoms with Gasteiger partial charge in [0, 0.05) is 37.3 Å². The molecule has 2 aliphatic carbocycles. The van der Waals surface area contributed by atoms with Gasteiger partial charge in [0.25, 0.3) is 0 Å². The molecule has 0 unspecified atom stereocenters. The summed E-state index contributed by atoms with van der Waals surface area (Å²) in [6.07, 6.45) is 6.90. The minimum atomic E-state index is -0.517. The number of nitrogens with one attached hydrogen (secondary N) is 3. The Morgan fingerprint density at radius 2 is 1.16 bits per heavy atom. The van der Waals surface area contributed by atoms with E-state index in [9.17, 15) is 14.4 Å². The Bertz CT molecular complexity index is 1830. The molecule has 10 nitrogen and oxygen atoms in total. The first kappa shape index (κ1) is 38.0. The van der Waals surface area contributed by atoms with Crippen LogP contribution < -0.4 is 21.7 Å². The number of carbonyl (C=O) groups excluding carboxylic acids is 3. The molecule has 0 bridgehead atoms. The fraction of sp³-hybridized carbons (Fsp3) is 0.359. The van der Waals surface area contributed by atoms with Gasteiger partial charge in [0.2, 0.25) is 11.8 Å². The average Bonchev–Trinajstić information content (AvgIpc) is 3.97. The number of halogens is 1. The Kier molecular flexibility index (Phi) is 12.7. The highest BCUT2D eigenvalue weighted by molar-refractivity contribution is 5.94. The number of hydrogen-bond acceptors (Lipinski definition) is 7. The molecule has 4 aromatic rings. The van der Waals surface area contributed by atoms with Crippen molar-refractivity contribution in [2.45, 2.75) is 79.0 Å². The summed E-state index contributed by atoms with van der Waals surface area (Å²) < 4.78 is 5.27. The fourth-order valence-electron chi connectivity index (χ4n) is 5.16. The quantitative estimate of drug-likeness (QED) is 0.140.